The van der Waals surface area contributed by atoms with Gasteiger partial charge in [0.1, 0.15) is 5.75 Å². The molecule has 1 amide bonds. The van der Waals surface area contributed by atoms with Crippen LogP contribution in [0.5, 0.6) is 5.75 Å². The Balaban J connectivity index is 1.98. The zero-order valence-electron chi connectivity index (χ0n) is 11.8. The van der Waals surface area contributed by atoms with Crippen LogP contribution in [0.4, 0.5) is 5.69 Å². The number of aliphatic hydroxyl groups is 1. The number of nitrogens with one attached hydrogen (secondary N) is 1. The fraction of sp³-hybridized carbons (Fsp3) is 0.533. The molecule has 4 N–H and O–H groups in total. The van der Waals surface area contributed by atoms with Crippen molar-refractivity contribution in [2.24, 2.45) is 0 Å². The second-order valence-corrected chi connectivity index (χ2v) is 5.42. The lowest BCUT2D eigenvalue weighted by molar-refractivity contribution is 0.00525. The summed E-state index contributed by atoms with van der Waals surface area (Å²) in [6.07, 6.45) is 4.69. The maximum atomic E-state index is 12.1. The number of nitrogens with two attached hydrogens (primary N) is 1. The smallest absolute Gasteiger partial charge is 0.251 e. The summed E-state index contributed by atoms with van der Waals surface area (Å²) in [5, 5.41) is 13.1. The van der Waals surface area contributed by atoms with Crippen molar-refractivity contribution in [3.8, 4) is 5.75 Å². The molecular formula is C15H22N2O3. The van der Waals surface area contributed by atoms with E-state index in [0.29, 0.717) is 23.5 Å². The third kappa shape index (κ3) is 3.42. The van der Waals surface area contributed by atoms with Crippen molar-refractivity contribution in [3.05, 3.63) is 23.8 Å². The van der Waals surface area contributed by atoms with Gasteiger partial charge in [0, 0.05) is 12.1 Å². The molecule has 0 aromatic heterocycles. The molecule has 1 aliphatic carbocycles. The zero-order valence-corrected chi connectivity index (χ0v) is 11.8. The van der Waals surface area contributed by atoms with Gasteiger partial charge in [-0.05, 0) is 31.0 Å². The molecule has 2 rings (SSSR count). The van der Waals surface area contributed by atoms with Gasteiger partial charge < -0.3 is 20.9 Å². The monoisotopic (exact) mass is 278 g/mol. The lowest BCUT2D eigenvalue weighted by Crippen LogP contribution is -2.44. The molecule has 0 atom stereocenters. The average molecular weight is 278 g/mol. The van der Waals surface area contributed by atoms with Gasteiger partial charge in [0.15, 0.2) is 0 Å². The van der Waals surface area contributed by atoms with E-state index >= 15 is 0 Å². The maximum absolute atomic E-state index is 12.1. The van der Waals surface area contributed by atoms with E-state index in [1.54, 1.807) is 18.2 Å². The lowest BCUT2D eigenvalue weighted by Gasteiger charge is -2.32. The predicted molar refractivity (Wildman–Crippen MR) is 77.8 cm³/mol. The van der Waals surface area contributed by atoms with Crippen molar-refractivity contribution in [3.63, 3.8) is 0 Å². The summed E-state index contributed by atoms with van der Waals surface area (Å²) in [6, 6.07) is 4.90. The van der Waals surface area contributed by atoms with Crippen molar-refractivity contribution in [2.75, 3.05) is 19.4 Å². The van der Waals surface area contributed by atoms with E-state index in [2.05, 4.69) is 5.32 Å². The van der Waals surface area contributed by atoms with Crippen LogP contribution in [-0.4, -0.2) is 30.3 Å². The molecule has 0 spiro atoms. The van der Waals surface area contributed by atoms with Gasteiger partial charge >= 0.3 is 0 Å². The van der Waals surface area contributed by atoms with Crippen molar-refractivity contribution >= 4 is 11.6 Å². The first-order valence-corrected chi connectivity index (χ1v) is 6.98. The van der Waals surface area contributed by atoms with E-state index in [-0.39, 0.29) is 5.91 Å². The topological polar surface area (TPSA) is 84.6 Å². The molecule has 0 radical (unpaired) electrons. The highest BCUT2D eigenvalue weighted by Gasteiger charge is 2.29. The summed E-state index contributed by atoms with van der Waals surface area (Å²) in [5.74, 6) is 0.260. The van der Waals surface area contributed by atoms with Crippen LogP contribution in [0.3, 0.4) is 0 Å². The molecule has 0 unspecified atom stereocenters. The van der Waals surface area contributed by atoms with Crippen LogP contribution in [0.15, 0.2) is 18.2 Å². The SMILES string of the molecule is COc1cc(C(=O)NCC2(O)CCCCC2)ccc1N. The summed E-state index contributed by atoms with van der Waals surface area (Å²) >= 11 is 0. The molecule has 20 heavy (non-hydrogen) atoms. The molecule has 1 saturated carbocycles. The average Bonchev–Trinajstić information content (AvgIpc) is 2.46. The van der Waals surface area contributed by atoms with Crippen molar-refractivity contribution in [1.82, 2.24) is 5.32 Å². The largest absolute Gasteiger partial charge is 0.495 e. The van der Waals surface area contributed by atoms with Gasteiger partial charge in [-0.2, -0.15) is 0 Å². The Morgan fingerprint density at radius 3 is 2.75 bits per heavy atom. The summed E-state index contributed by atoms with van der Waals surface area (Å²) in [6.45, 7) is 0.290. The highest BCUT2D eigenvalue weighted by atomic mass is 16.5. The predicted octanol–water partition coefficient (Wildman–Crippen LogP) is 1.70. The molecule has 1 aromatic rings. The lowest BCUT2D eigenvalue weighted by atomic mass is 9.85. The minimum absolute atomic E-state index is 0.220. The quantitative estimate of drug-likeness (QED) is 0.732. The van der Waals surface area contributed by atoms with E-state index in [9.17, 15) is 9.90 Å². The molecule has 1 aromatic carbocycles. The molecule has 5 nitrogen and oxygen atoms in total. The Morgan fingerprint density at radius 2 is 2.10 bits per heavy atom. The maximum Gasteiger partial charge on any atom is 0.251 e. The van der Waals surface area contributed by atoms with Gasteiger partial charge in [-0.3, -0.25) is 4.79 Å². The fourth-order valence-electron chi connectivity index (χ4n) is 2.59. The number of hydrogen-bond donors (Lipinski definition) is 3. The number of carbonyl (C=O) groups excluding carboxylic acids is 1. The summed E-state index contributed by atoms with van der Waals surface area (Å²) in [5.41, 5.74) is 5.93. The van der Waals surface area contributed by atoms with Gasteiger partial charge in [0.2, 0.25) is 0 Å². The minimum atomic E-state index is -0.758. The molecule has 0 heterocycles. The number of rotatable bonds is 4. The molecular weight excluding hydrogens is 256 g/mol. The van der Waals surface area contributed by atoms with Gasteiger partial charge in [0.25, 0.3) is 5.91 Å². The van der Waals surface area contributed by atoms with Crippen molar-refractivity contribution in [2.45, 2.75) is 37.7 Å². The highest BCUT2D eigenvalue weighted by Crippen LogP contribution is 2.27. The van der Waals surface area contributed by atoms with Crippen LogP contribution >= 0.6 is 0 Å². The number of anilines is 1. The van der Waals surface area contributed by atoms with E-state index in [4.69, 9.17) is 10.5 Å². The van der Waals surface area contributed by atoms with Gasteiger partial charge in [0.05, 0.1) is 18.4 Å². The summed E-state index contributed by atoms with van der Waals surface area (Å²) < 4.78 is 5.10. The van der Waals surface area contributed by atoms with Gasteiger partial charge in [-0.1, -0.05) is 19.3 Å². The Hall–Kier alpha value is -1.75. The molecule has 1 aliphatic rings. The number of benzene rings is 1. The van der Waals surface area contributed by atoms with E-state index < -0.39 is 5.60 Å². The molecule has 1 fully saturated rings. The first kappa shape index (κ1) is 14.7. The Labute approximate surface area is 119 Å². The highest BCUT2D eigenvalue weighted by molar-refractivity contribution is 5.95. The molecule has 110 valence electrons. The number of hydrogen-bond acceptors (Lipinski definition) is 4. The van der Waals surface area contributed by atoms with Crippen LogP contribution in [0.1, 0.15) is 42.5 Å². The number of amides is 1. The standard InChI is InChI=1S/C15H22N2O3/c1-20-13-9-11(5-6-12(13)16)14(18)17-10-15(19)7-3-2-4-8-15/h5-6,9,19H,2-4,7-8,10,16H2,1H3,(H,17,18). The first-order valence-electron chi connectivity index (χ1n) is 6.98. The normalized spacial score (nSPS) is 17.5. The van der Waals surface area contributed by atoms with Crippen molar-refractivity contribution in [1.29, 1.82) is 0 Å². The number of carbonyl (C=O) groups is 1. The molecule has 0 bridgehead atoms. The van der Waals surface area contributed by atoms with Crippen LogP contribution in [0.2, 0.25) is 0 Å². The third-order valence-electron chi connectivity index (χ3n) is 3.86. The summed E-state index contributed by atoms with van der Waals surface area (Å²) in [7, 11) is 1.51. The van der Waals surface area contributed by atoms with Gasteiger partial charge in [-0.15, -0.1) is 0 Å². The molecule has 5 heteroatoms. The van der Waals surface area contributed by atoms with Crippen LogP contribution < -0.4 is 15.8 Å². The molecule has 0 saturated heterocycles. The second-order valence-electron chi connectivity index (χ2n) is 5.42. The van der Waals surface area contributed by atoms with Crippen molar-refractivity contribution < 1.29 is 14.6 Å². The third-order valence-corrected chi connectivity index (χ3v) is 3.86. The number of ether oxygens (including phenoxy) is 1. The van der Waals surface area contributed by atoms with Crippen LogP contribution in [0, 0.1) is 0 Å². The number of nitrogen functional groups attached to an aromatic ring is 1. The zero-order chi connectivity index (χ0) is 14.6. The van der Waals surface area contributed by atoms with Gasteiger partial charge in [-0.25, -0.2) is 0 Å². The molecule has 0 aliphatic heterocycles. The van der Waals surface area contributed by atoms with E-state index in [1.807, 2.05) is 0 Å². The second kappa shape index (κ2) is 6.13. The Morgan fingerprint density at radius 1 is 1.40 bits per heavy atom. The Bertz CT molecular complexity index is 482. The number of methoxy groups -OCH3 is 1. The van der Waals surface area contributed by atoms with E-state index in [0.717, 1.165) is 32.1 Å². The Kier molecular flexibility index (Phi) is 4.49. The van der Waals surface area contributed by atoms with E-state index in [1.165, 1.54) is 7.11 Å². The van der Waals surface area contributed by atoms with Crippen LogP contribution in [0.25, 0.3) is 0 Å². The fourth-order valence-corrected chi connectivity index (χ4v) is 2.59. The first-order chi connectivity index (χ1) is 9.54. The minimum Gasteiger partial charge on any atom is -0.495 e. The van der Waals surface area contributed by atoms with Crippen LogP contribution in [-0.2, 0) is 0 Å². The summed E-state index contributed by atoms with van der Waals surface area (Å²) in [4.78, 5) is 12.1.